The number of carbonyl (C=O) groups is 2. The number of thiazole rings is 1. The maximum absolute atomic E-state index is 12.5. The number of ether oxygens (including phenoxy) is 1. The van der Waals surface area contributed by atoms with Crippen molar-refractivity contribution < 1.29 is 70.8 Å². The number of aromatic nitrogens is 3. The first-order valence-electron chi connectivity index (χ1n) is 7.90. The van der Waals surface area contributed by atoms with E-state index < -0.39 is 12.1 Å². The summed E-state index contributed by atoms with van der Waals surface area (Å²) in [5, 5.41) is 12.2. The molecule has 0 saturated heterocycles. The van der Waals surface area contributed by atoms with Crippen molar-refractivity contribution in [2.45, 2.75) is 25.7 Å². The van der Waals surface area contributed by atoms with E-state index in [-0.39, 0.29) is 64.4 Å². The average molecular weight is 397 g/mol. The molecule has 0 radical (unpaired) electrons. The van der Waals surface area contributed by atoms with E-state index in [1.54, 1.807) is 11.6 Å². The number of fused-ring (bicyclic) bond motifs is 1. The molecule has 3 aromatic rings. The third kappa shape index (κ3) is 5.21. The van der Waals surface area contributed by atoms with Crippen LogP contribution in [0, 0.1) is 0 Å². The zero-order valence-electron chi connectivity index (χ0n) is 14.4. The number of hydrogen-bond acceptors (Lipinski definition) is 7. The quantitative estimate of drug-likeness (QED) is 0.392. The largest absolute Gasteiger partial charge is 1.00 e. The minimum absolute atomic E-state index is 0. The van der Waals surface area contributed by atoms with Crippen LogP contribution in [0.15, 0.2) is 35.2 Å². The summed E-state index contributed by atoms with van der Waals surface area (Å²) >= 11 is 1.42. The van der Waals surface area contributed by atoms with Gasteiger partial charge in [0.1, 0.15) is 5.69 Å². The van der Waals surface area contributed by atoms with Crippen molar-refractivity contribution in [1.82, 2.24) is 14.5 Å². The molecular weight excluding hydrogens is 381 g/mol. The molecule has 130 valence electrons. The van der Waals surface area contributed by atoms with E-state index in [0.717, 1.165) is 0 Å². The Kier molecular flexibility index (Phi) is 8.39. The predicted octanol–water partition coefficient (Wildman–Crippen LogP) is -0.541. The standard InChI is InChI=1S/C17H17N3O4S.K/c21-15(22)8-2-1-5-9-24-17(23)20-14-7-4-3-6-12(14)19-16(20)13-10-25-11-18-13;/h3-4,6-7,10-11H,1-2,5,8-9H2,(H,21,22);/q;+1/p-1. The fourth-order valence-corrected chi connectivity index (χ4v) is 3.01. The molecular formula is C17H16KN3O4S. The first kappa shape index (κ1) is 21.2. The number of aliphatic carboxylic acids is 1. The number of imidazole rings is 1. The molecule has 0 N–H and O–H groups in total. The first-order valence-corrected chi connectivity index (χ1v) is 8.84. The molecule has 0 unspecified atom stereocenters. The second kappa shape index (κ2) is 10.3. The molecule has 0 aliphatic rings. The van der Waals surface area contributed by atoms with Gasteiger partial charge in [0.2, 0.25) is 0 Å². The minimum Gasteiger partial charge on any atom is -0.550 e. The zero-order valence-corrected chi connectivity index (χ0v) is 18.3. The van der Waals surface area contributed by atoms with Crippen LogP contribution in [0.2, 0.25) is 0 Å². The van der Waals surface area contributed by atoms with Gasteiger partial charge in [-0.15, -0.1) is 11.3 Å². The molecule has 3 rings (SSSR count). The van der Waals surface area contributed by atoms with Crippen molar-refractivity contribution in [1.29, 1.82) is 0 Å². The number of carboxylic acids is 1. The van der Waals surface area contributed by atoms with Gasteiger partial charge in [-0.2, -0.15) is 0 Å². The average Bonchev–Trinajstić information content (AvgIpc) is 3.24. The molecule has 26 heavy (non-hydrogen) atoms. The van der Waals surface area contributed by atoms with Gasteiger partial charge in [0.15, 0.2) is 5.82 Å². The summed E-state index contributed by atoms with van der Waals surface area (Å²) in [4.78, 5) is 31.6. The van der Waals surface area contributed by atoms with E-state index in [4.69, 9.17) is 4.74 Å². The molecule has 2 aromatic heterocycles. The Balaban J connectivity index is 0.00000243. The molecule has 0 spiro atoms. The second-order valence-electron chi connectivity index (χ2n) is 5.43. The summed E-state index contributed by atoms with van der Waals surface area (Å²) in [5.41, 5.74) is 3.65. The third-order valence-electron chi connectivity index (χ3n) is 3.66. The Morgan fingerprint density at radius 3 is 2.73 bits per heavy atom. The van der Waals surface area contributed by atoms with Crippen LogP contribution in [-0.2, 0) is 9.53 Å². The number of carboxylic acid groups (broad SMARTS) is 1. The van der Waals surface area contributed by atoms with Crippen molar-refractivity contribution in [3.05, 3.63) is 35.2 Å². The zero-order chi connectivity index (χ0) is 17.6. The number of rotatable bonds is 7. The summed E-state index contributed by atoms with van der Waals surface area (Å²) < 4.78 is 6.76. The molecule has 0 saturated carbocycles. The molecule has 0 amide bonds. The maximum atomic E-state index is 12.5. The number of carbonyl (C=O) groups excluding carboxylic acids is 2. The molecule has 0 bridgehead atoms. The smallest absolute Gasteiger partial charge is 0.550 e. The topological polar surface area (TPSA) is 97.1 Å². The first-order chi connectivity index (χ1) is 12.2. The van der Waals surface area contributed by atoms with Crippen LogP contribution in [-0.4, -0.2) is 33.2 Å². The predicted molar refractivity (Wildman–Crippen MR) is 91.1 cm³/mol. The van der Waals surface area contributed by atoms with Crippen molar-refractivity contribution >= 4 is 34.4 Å². The van der Waals surface area contributed by atoms with E-state index in [1.807, 2.05) is 23.6 Å². The number of unbranched alkanes of at least 4 members (excludes halogenated alkanes) is 2. The van der Waals surface area contributed by atoms with Crippen LogP contribution >= 0.6 is 11.3 Å². The van der Waals surface area contributed by atoms with E-state index in [0.29, 0.717) is 41.8 Å². The van der Waals surface area contributed by atoms with E-state index in [1.165, 1.54) is 15.9 Å². The number of hydrogen-bond donors (Lipinski definition) is 0. The Hall–Kier alpha value is -1.10. The molecule has 1 aromatic carbocycles. The van der Waals surface area contributed by atoms with Crippen LogP contribution < -0.4 is 56.5 Å². The van der Waals surface area contributed by atoms with Gasteiger partial charge in [-0.3, -0.25) is 0 Å². The Labute approximate surface area is 196 Å². The van der Waals surface area contributed by atoms with Crippen molar-refractivity contribution in [3.63, 3.8) is 0 Å². The molecule has 9 heteroatoms. The summed E-state index contributed by atoms with van der Waals surface area (Å²) in [5.74, 6) is -0.612. The summed E-state index contributed by atoms with van der Waals surface area (Å²) in [6.45, 7) is 0.217. The van der Waals surface area contributed by atoms with Gasteiger partial charge in [0, 0.05) is 11.3 Å². The molecule has 0 atom stereocenters. The van der Waals surface area contributed by atoms with Gasteiger partial charge in [0.05, 0.1) is 23.2 Å². The fraction of sp³-hybridized carbons (Fsp3) is 0.294. The monoisotopic (exact) mass is 397 g/mol. The SMILES string of the molecule is O=C([O-])CCCCCOC(=O)n1c(-c2cscn2)nc2ccccc21.[K+]. The molecule has 0 aliphatic heterocycles. The van der Waals surface area contributed by atoms with E-state index in [9.17, 15) is 14.7 Å². The van der Waals surface area contributed by atoms with Crippen LogP contribution in [0.4, 0.5) is 4.79 Å². The van der Waals surface area contributed by atoms with Gasteiger partial charge in [-0.05, 0) is 37.8 Å². The Morgan fingerprint density at radius 2 is 2.00 bits per heavy atom. The number of para-hydroxylation sites is 2. The van der Waals surface area contributed by atoms with Crippen molar-refractivity contribution in [3.8, 4) is 11.5 Å². The normalized spacial score (nSPS) is 10.5. The Morgan fingerprint density at radius 1 is 1.19 bits per heavy atom. The maximum Gasteiger partial charge on any atom is 1.00 e. The van der Waals surface area contributed by atoms with Gasteiger partial charge in [-0.25, -0.2) is 19.3 Å². The molecule has 7 nitrogen and oxygen atoms in total. The van der Waals surface area contributed by atoms with Crippen molar-refractivity contribution in [2.75, 3.05) is 6.61 Å². The van der Waals surface area contributed by atoms with Crippen molar-refractivity contribution in [2.24, 2.45) is 0 Å². The number of benzene rings is 1. The summed E-state index contributed by atoms with van der Waals surface area (Å²) in [7, 11) is 0. The second-order valence-corrected chi connectivity index (χ2v) is 6.15. The minimum atomic E-state index is -1.06. The van der Waals surface area contributed by atoms with Gasteiger partial charge >= 0.3 is 57.5 Å². The van der Waals surface area contributed by atoms with Crippen LogP contribution in [0.3, 0.4) is 0 Å². The van der Waals surface area contributed by atoms with Crippen LogP contribution in [0.5, 0.6) is 0 Å². The van der Waals surface area contributed by atoms with Gasteiger partial charge in [0.25, 0.3) is 0 Å². The number of nitrogens with zero attached hydrogens (tertiary/aromatic N) is 3. The van der Waals surface area contributed by atoms with Gasteiger partial charge in [-0.1, -0.05) is 12.1 Å². The van der Waals surface area contributed by atoms with E-state index >= 15 is 0 Å². The fourth-order valence-electron chi connectivity index (χ4n) is 2.48. The van der Waals surface area contributed by atoms with Crippen LogP contribution in [0.1, 0.15) is 25.7 Å². The molecule has 0 aliphatic carbocycles. The molecule has 2 heterocycles. The van der Waals surface area contributed by atoms with Crippen LogP contribution in [0.25, 0.3) is 22.6 Å². The molecule has 0 fully saturated rings. The Bertz CT molecular complexity index is 879. The van der Waals surface area contributed by atoms with E-state index in [2.05, 4.69) is 9.97 Å². The third-order valence-corrected chi connectivity index (χ3v) is 4.24. The summed E-state index contributed by atoms with van der Waals surface area (Å²) in [6.07, 6.45) is 1.27. The van der Waals surface area contributed by atoms with Gasteiger partial charge < -0.3 is 14.6 Å². The summed E-state index contributed by atoms with van der Waals surface area (Å²) in [6, 6.07) is 7.32.